The summed E-state index contributed by atoms with van der Waals surface area (Å²) < 4.78 is 37.7. The van der Waals surface area contributed by atoms with Crippen molar-refractivity contribution >= 4 is 21.8 Å². The number of carbonyl (C=O) groups is 1. The highest BCUT2D eigenvalue weighted by Crippen LogP contribution is 2.39. The molecular weight excluding hydrogens is 335 g/mol. The van der Waals surface area contributed by atoms with Crippen LogP contribution < -0.4 is 5.32 Å². The second kappa shape index (κ2) is 7.14. The molecule has 0 aromatic heterocycles. The Morgan fingerprint density at radius 2 is 1.75 bits per heavy atom. The zero-order chi connectivity index (χ0) is 15.4. The first-order valence-electron chi connectivity index (χ1n) is 7.06. The predicted molar refractivity (Wildman–Crippen MR) is 76.7 cm³/mol. The topological polar surface area (TPSA) is 29.1 Å². The zero-order valence-electron chi connectivity index (χ0n) is 12.0. The first kappa shape index (κ1) is 17.8. The van der Waals surface area contributed by atoms with Crippen LogP contribution in [0.3, 0.4) is 0 Å². The van der Waals surface area contributed by atoms with E-state index in [2.05, 4.69) is 35.1 Å². The van der Waals surface area contributed by atoms with Gasteiger partial charge in [0.25, 0.3) is 0 Å². The molecule has 0 spiro atoms. The lowest BCUT2D eigenvalue weighted by Gasteiger charge is -2.30. The van der Waals surface area contributed by atoms with E-state index in [1.165, 1.54) is 0 Å². The standard InChI is InChI=1S/C14H23BrF3NO/c1-13(2,7-8-15)9-19-12(20)10-3-5-11(6-4-10)14(16,17)18/h10-11H,3-9H2,1-2H3,(H,19,20). The summed E-state index contributed by atoms with van der Waals surface area (Å²) in [6, 6.07) is 0. The van der Waals surface area contributed by atoms with E-state index in [-0.39, 0.29) is 30.1 Å². The van der Waals surface area contributed by atoms with Crippen LogP contribution in [0.2, 0.25) is 0 Å². The molecule has 0 aromatic rings. The summed E-state index contributed by atoms with van der Waals surface area (Å²) in [7, 11) is 0. The highest BCUT2D eigenvalue weighted by molar-refractivity contribution is 9.09. The highest BCUT2D eigenvalue weighted by atomic mass is 79.9. The third kappa shape index (κ3) is 5.62. The number of hydrogen-bond acceptors (Lipinski definition) is 1. The van der Waals surface area contributed by atoms with Gasteiger partial charge in [-0.05, 0) is 37.5 Å². The van der Waals surface area contributed by atoms with Gasteiger partial charge in [0.1, 0.15) is 0 Å². The molecule has 1 rings (SSSR count). The van der Waals surface area contributed by atoms with Crippen LogP contribution in [0.4, 0.5) is 13.2 Å². The maximum atomic E-state index is 12.6. The molecule has 118 valence electrons. The molecule has 1 saturated carbocycles. The Morgan fingerprint density at radius 1 is 1.20 bits per heavy atom. The molecule has 0 aromatic carbocycles. The molecule has 20 heavy (non-hydrogen) atoms. The van der Waals surface area contributed by atoms with Crippen LogP contribution in [0.15, 0.2) is 0 Å². The molecule has 0 saturated heterocycles. The first-order valence-corrected chi connectivity index (χ1v) is 8.18. The summed E-state index contributed by atoms with van der Waals surface area (Å²) in [6.07, 6.45) is -2.34. The SMILES string of the molecule is CC(C)(CCBr)CNC(=O)C1CCC(C(F)(F)F)CC1. The largest absolute Gasteiger partial charge is 0.391 e. The molecule has 0 atom stereocenters. The van der Waals surface area contributed by atoms with Gasteiger partial charge >= 0.3 is 6.18 Å². The summed E-state index contributed by atoms with van der Waals surface area (Å²) in [4.78, 5) is 12.0. The van der Waals surface area contributed by atoms with E-state index in [1.807, 2.05) is 0 Å². The average molecular weight is 358 g/mol. The maximum Gasteiger partial charge on any atom is 0.391 e. The van der Waals surface area contributed by atoms with Crippen LogP contribution in [-0.2, 0) is 4.79 Å². The number of rotatable bonds is 5. The minimum absolute atomic E-state index is 0.00231. The molecule has 0 unspecified atom stereocenters. The molecule has 1 fully saturated rings. The fourth-order valence-electron chi connectivity index (χ4n) is 2.50. The number of amides is 1. The highest BCUT2D eigenvalue weighted by Gasteiger charge is 2.42. The Hall–Kier alpha value is -0.260. The molecule has 6 heteroatoms. The van der Waals surface area contributed by atoms with E-state index in [1.54, 1.807) is 0 Å². The van der Waals surface area contributed by atoms with Crippen molar-refractivity contribution in [3.63, 3.8) is 0 Å². The number of hydrogen-bond donors (Lipinski definition) is 1. The molecule has 1 N–H and O–H groups in total. The van der Waals surface area contributed by atoms with E-state index in [0.717, 1.165) is 11.8 Å². The molecular formula is C14H23BrF3NO. The summed E-state index contributed by atoms with van der Waals surface area (Å²) in [5, 5.41) is 3.76. The number of nitrogens with one attached hydrogen (secondary N) is 1. The van der Waals surface area contributed by atoms with E-state index >= 15 is 0 Å². The number of halogens is 4. The minimum Gasteiger partial charge on any atom is -0.355 e. The minimum atomic E-state index is -4.11. The monoisotopic (exact) mass is 357 g/mol. The van der Waals surface area contributed by atoms with Crippen molar-refractivity contribution in [1.82, 2.24) is 5.32 Å². The van der Waals surface area contributed by atoms with Crippen molar-refractivity contribution in [2.45, 2.75) is 52.1 Å². The summed E-state index contributed by atoms with van der Waals surface area (Å²) in [6.45, 7) is 4.70. The Morgan fingerprint density at radius 3 is 2.20 bits per heavy atom. The average Bonchev–Trinajstić information content (AvgIpc) is 2.35. The Balaban J connectivity index is 2.36. The van der Waals surface area contributed by atoms with Gasteiger partial charge in [0, 0.05) is 17.8 Å². The lowest BCUT2D eigenvalue weighted by molar-refractivity contribution is -0.184. The quantitative estimate of drug-likeness (QED) is 0.731. The van der Waals surface area contributed by atoms with Gasteiger partial charge in [0.2, 0.25) is 5.91 Å². The normalized spacial score (nSPS) is 24.5. The molecule has 1 amide bonds. The van der Waals surface area contributed by atoms with Crippen molar-refractivity contribution in [3.05, 3.63) is 0 Å². The fraction of sp³-hybridized carbons (Fsp3) is 0.929. The van der Waals surface area contributed by atoms with Gasteiger partial charge in [-0.3, -0.25) is 4.79 Å². The van der Waals surface area contributed by atoms with E-state index in [0.29, 0.717) is 19.4 Å². The van der Waals surface area contributed by atoms with Gasteiger partial charge in [-0.15, -0.1) is 0 Å². The van der Waals surface area contributed by atoms with E-state index in [9.17, 15) is 18.0 Å². The summed E-state index contributed by atoms with van der Waals surface area (Å²) >= 11 is 3.37. The third-order valence-corrected chi connectivity index (χ3v) is 4.47. The van der Waals surface area contributed by atoms with Crippen molar-refractivity contribution < 1.29 is 18.0 Å². The molecule has 0 radical (unpaired) electrons. The van der Waals surface area contributed by atoms with Crippen molar-refractivity contribution in [2.24, 2.45) is 17.3 Å². The first-order chi connectivity index (χ1) is 9.15. The molecule has 0 bridgehead atoms. The Bertz CT molecular complexity index is 323. The summed E-state index contributed by atoms with van der Waals surface area (Å²) in [5.41, 5.74) is 0.00231. The smallest absolute Gasteiger partial charge is 0.355 e. The van der Waals surface area contributed by atoms with Crippen LogP contribution in [0.1, 0.15) is 46.0 Å². The molecule has 0 heterocycles. The van der Waals surface area contributed by atoms with Crippen LogP contribution >= 0.6 is 15.9 Å². The molecule has 1 aliphatic carbocycles. The van der Waals surface area contributed by atoms with Crippen molar-refractivity contribution in [3.8, 4) is 0 Å². The van der Waals surface area contributed by atoms with Gasteiger partial charge in [0.15, 0.2) is 0 Å². The van der Waals surface area contributed by atoms with Crippen LogP contribution in [-0.4, -0.2) is 24.0 Å². The Labute approximate surface area is 127 Å². The van der Waals surface area contributed by atoms with Crippen LogP contribution in [0.25, 0.3) is 0 Å². The molecule has 1 aliphatic rings. The van der Waals surface area contributed by atoms with Crippen molar-refractivity contribution in [1.29, 1.82) is 0 Å². The number of alkyl halides is 4. The van der Waals surface area contributed by atoms with Crippen LogP contribution in [0, 0.1) is 17.3 Å². The lowest BCUT2D eigenvalue weighted by Crippen LogP contribution is -2.40. The van der Waals surface area contributed by atoms with Gasteiger partial charge < -0.3 is 5.32 Å². The van der Waals surface area contributed by atoms with Crippen molar-refractivity contribution in [2.75, 3.05) is 11.9 Å². The van der Waals surface area contributed by atoms with Gasteiger partial charge in [-0.25, -0.2) is 0 Å². The second-order valence-corrected chi connectivity index (χ2v) is 7.20. The van der Waals surface area contributed by atoms with E-state index in [4.69, 9.17) is 0 Å². The van der Waals surface area contributed by atoms with Gasteiger partial charge in [-0.2, -0.15) is 13.2 Å². The third-order valence-electron chi connectivity index (χ3n) is 4.07. The van der Waals surface area contributed by atoms with Gasteiger partial charge in [-0.1, -0.05) is 29.8 Å². The Kier molecular flexibility index (Phi) is 6.35. The van der Waals surface area contributed by atoms with Crippen LogP contribution in [0.5, 0.6) is 0 Å². The molecule has 2 nitrogen and oxygen atoms in total. The number of carbonyl (C=O) groups excluding carboxylic acids is 1. The zero-order valence-corrected chi connectivity index (χ0v) is 13.6. The van der Waals surface area contributed by atoms with E-state index < -0.39 is 12.1 Å². The second-order valence-electron chi connectivity index (χ2n) is 6.41. The molecule has 0 aliphatic heterocycles. The maximum absolute atomic E-state index is 12.6. The predicted octanol–water partition coefficient (Wildman–Crippen LogP) is 4.28. The fourth-order valence-corrected chi connectivity index (χ4v) is 3.57. The lowest BCUT2D eigenvalue weighted by atomic mass is 9.81. The summed E-state index contributed by atoms with van der Waals surface area (Å²) in [5.74, 6) is -1.57. The van der Waals surface area contributed by atoms with Gasteiger partial charge in [0.05, 0.1) is 5.92 Å².